The average Bonchev–Trinajstić information content (AvgIpc) is 2.17. The number of ether oxygens (including phenoxy) is 1. The number of hydrogen-bond donors (Lipinski definition) is 0. The SMILES string of the molecule is CCCOc1ccccc1CCBr. The summed E-state index contributed by atoms with van der Waals surface area (Å²) in [6.45, 7) is 2.92. The van der Waals surface area contributed by atoms with Crippen LogP contribution in [0.2, 0.25) is 0 Å². The second kappa shape index (κ2) is 6.03. The maximum Gasteiger partial charge on any atom is 0.122 e. The van der Waals surface area contributed by atoms with E-state index in [1.165, 1.54) is 5.56 Å². The lowest BCUT2D eigenvalue weighted by molar-refractivity contribution is 0.314. The zero-order chi connectivity index (χ0) is 9.52. The van der Waals surface area contributed by atoms with Crippen LogP contribution in [0.4, 0.5) is 0 Å². The third-order valence-corrected chi connectivity index (χ3v) is 2.19. The van der Waals surface area contributed by atoms with Gasteiger partial charge in [-0.15, -0.1) is 0 Å². The van der Waals surface area contributed by atoms with Gasteiger partial charge < -0.3 is 4.74 Å². The fraction of sp³-hybridized carbons (Fsp3) is 0.455. The molecule has 0 amide bonds. The number of para-hydroxylation sites is 1. The summed E-state index contributed by atoms with van der Waals surface area (Å²) in [5.41, 5.74) is 1.29. The lowest BCUT2D eigenvalue weighted by atomic mass is 10.1. The molecule has 72 valence electrons. The van der Waals surface area contributed by atoms with Gasteiger partial charge in [-0.2, -0.15) is 0 Å². The van der Waals surface area contributed by atoms with Crippen molar-refractivity contribution in [1.29, 1.82) is 0 Å². The molecular formula is C11H15BrO. The molecule has 1 aromatic rings. The second-order valence-electron chi connectivity index (χ2n) is 2.90. The molecule has 0 aliphatic carbocycles. The van der Waals surface area contributed by atoms with Crippen LogP contribution in [0, 0.1) is 0 Å². The first kappa shape index (κ1) is 10.6. The number of hydrogen-bond acceptors (Lipinski definition) is 1. The molecule has 0 saturated heterocycles. The van der Waals surface area contributed by atoms with Crippen molar-refractivity contribution in [1.82, 2.24) is 0 Å². The van der Waals surface area contributed by atoms with Crippen LogP contribution in [0.1, 0.15) is 18.9 Å². The van der Waals surface area contributed by atoms with Crippen molar-refractivity contribution in [3.8, 4) is 5.75 Å². The zero-order valence-corrected chi connectivity index (χ0v) is 9.51. The standard InChI is InChI=1S/C11H15BrO/c1-2-9-13-11-6-4-3-5-10(11)7-8-12/h3-6H,2,7-9H2,1H3. The molecule has 0 saturated carbocycles. The molecule has 2 heteroatoms. The molecule has 0 unspecified atom stereocenters. The van der Waals surface area contributed by atoms with Crippen molar-refractivity contribution in [3.05, 3.63) is 29.8 Å². The Morgan fingerprint density at radius 3 is 2.77 bits per heavy atom. The van der Waals surface area contributed by atoms with Gasteiger partial charge >= 0.3 is 0 Å². The number of rotatable bonds is 5. The van der Waals surface area contributed by atoms with Gasteiger partial charge in [0.2, 0.25) is 0 Å². The van der Waals surface area contributed by atoms with Crippen molar-refractivity contribution in [2.75, 3.05) is 11.9 Å². The largest absolute Gasteiger partial charge is 0.493 e. The summed E-state index contributed by atoms with van der Waals surface area (Å²) < 4.78 is 5.62. The van der Waals surface area contributed by atoms with Crippen LogP contribution in [0.5, 0.6) is 5.75 Å². The average molecular weight is 243 g/mol. The fourth-order valence-electron chi connectivity index (χ4n) is 1.16. The van der Waals surface area contributed by atoms with Crippen molar-refractivity contribution in [2.24, 2.45) is 0 Å². The van der Waals surface area contributed by atoms with E-state index in [0.717, 1.165) is 30.5 Å². The molecule has 0 aromatic heterocycles. The number of alkyl halides is 1. The topological polar surface area (TPSA) is 9.23 Å². The van der Waals surface area contributed by atoms with Crippen LogP contribution in [-0.2, 0) is 6.42 Å². The molecule has 0 fully saturated rings. The van der Waals surface area contributed by atoms with Crippen molar-refractivity contribution in [3.63, 3.8) is 0 Å². The minimum absolute atomic E-state index is 0.805. The first-order chi connectivity index (χ1) is 6.38. The van der Waals surface area contributed by atoms with Gasteiger partial charge in [0.25, 0.3) is 0 Å². The third kappa shape index (κ3) is 3.39. The highest BCUT2D eigenvalue weighted by Gasteiger charge is 2.00. The van der Waals surface area contributed by atoms with E-state index < -0.39 is 0 Å². The Labute approximate surface area is 88.2 Å². The molecule has 1 rings (SSSR count). The van der Waals surface area contributed by atoms with E-state index in [2.05, 4.69) is 35.0 Å². The van der Waals surface area contributed by atoms with Crippen LogP contribution in [0.3, 0.4) is 0 Å². The van der Waals surface area contributed by atoms with Gasteiger partial charge in [0.15, 0.2) is 0 Å². The van der Waals surface area contributed by atoms with Crippen LogP contribution < -0.4 is 4.74 Å². The predicted molar refractivity (Wildman–Crippen MR) is 59.7 cm³/mol. The highest BCUT2D eigenvalue weighted by Crippen LogP contribution is 2.19. The Kier molecular flexibility index (Phi) is 4.91. The lowest BCUT2D eigenvalue weighted by Crippen LogP contribution is -1.99. The predicted octanol–water partition coefficient (Wildman–Crippen LogP) is 3.41. The Bertz CT molecular complexity index is 248. The molecule has 0 heterocycles. The lowest BCUT2D eigenvalue weighted by Gasteiger charge is -2.09. The van der Waals surface area contributed by atoms with Gasteiger partial charge in [-0.05, 0) is 24.5 Å². The summed E-state index contributed by atoms with van der Waals surface area (Å²) >= 11 is 3.43. The Morgan fingerprint density at radius 1 is 1.31 bits per heavy atom. The molecule has 0 aliphatic rings. The number of halogens is 1. The van der Waals surface area contributed by atoms with E-state index in [4.69, 9.17) is 4.74 Å². The summed E-state index contributed by atoms with van der Waals surface area (Å²) in [6.07, 6.45) is 2.09. The fourth-order valence-corrected chi connectivity index (χ4v) is 1.59. The first-order valence-corrected chi connectivity index (χ1v) is 5.77. The summed E-state index contributed by atoms with van der Waals surface area (Å²) in [6, 6.07) is 8.22. The third-order valence-electron chi connectivity index (χ3n) is 1.80. The second-order valence-corrected chi connectivity index (χ2v) is 3.69. The van der Waals surface area contributed by atoms with E-state index in [1.54, 1.807) is 0 Å². The van der Waals surface area contributed by atoms with E-state index in [0.29, 0.717) is 0 Å². The molecule has 0 atom stereocenters. The molecule has 1 nitrogen and oxygen atoms in total. The summed E-state index contributed by atoms with van der Waals surface area (Å²) in [7, 11) is 0. The highest BCUT2D eigenvalue weighted by molar-refractivity contribution is 9.09. The van der Waals surface area contributed by atoms with E-state index >= 15 is 0 Å². The molecule has 13 heavy (non-hydrogen) atoms. The normalized spacial score (nSPS) is 10.0. The first-order valence-electron chi connectivity index (χ1n) is 4.65. The van der Waals surface area contributed by atoms with Crippen molar-refractivity contribution >= 4 is 15.9 Å². The van der Waals surface area contributed by atoms with Gasteiger partial charge in [0.1, 0.15) is 5.75 Å². The highest BCUT2D eigenvalue weighted by atomic mass is 79.9. The maximum absolute atomic E-state index is 5.62. The van der Waals surface area contributed by atoms with Crippen LogP contribution in [0.25, 0.3) is 0 Å². The smallest absolute Gasteiger partial charge is 0.122 e. The van der Waals surface area contributed by atoms with Crippen molar-refractivity contribution in [2.45, 2.75) is 19.8 Å². The molecule has 0 N–H and O–H groups in total. The minimum atomic E-state index is 0.805. The van der Waals surface area contributed by atoms with Gasteiger partial charge in [-0.25, -0.2) is 0 Å². The maximum atomic E-state index is 5.62. The monoisotopic (exact) mass is 242 g/mol. The Morgan fingerprint density at radius 2 is 2.08 bits per heavy atom. The van der Waals surface area contributed by atoms with E-state index in [-0.39, 0.29) is 0 Å². The Balaban J connectivity index is 2.66. The molecule has 0 spiro atoms. The summed E-state index contributed by atoms with van der Waals surface area (Å²) in [5.74, 6) is 1.03. The quantitative estimate of drug-likeness (QED) is 0.720. The number of benzene rings is 1. The molecule has 0 bridgehead atoms. The Hall–Kier alpha value is -0.500. The molecular weight excluding hydrogens is 228 g/mol. The summed E-state index contributed by atoms with van der Waals surface area (Å²) in [4.78, 5) is 0. The van der Waals surface area contributed by atoms with Gasteiger partial charge in [0.05, 0.1) is 6.61 Å². The van der Waals surface area contributed by atoms with Gasteiger partial charge in [0, 0.05) is 5.33 Å². The molecule has 1 aromatic carbocycles. The molecule has 0 aliphatic heterocycles. The minimum Gasteiger partial charge on any atom is -0.493 e. The van der Waals surface area contributed by atoms with Gasteiger partial charge in [-0.3, -0.25) is 0 Å². The van der Waals surface area contributed by atoms with Crippen LogP contribution in [-0.4, -0.2) is 11.9 Å². The van der Waals surface area contributed by atoms with Crippen LogP contribution in [0.15, 0.2) is 24.3 Å². The van der Waals surface area contributed by atoms with E-state index in [9.17, 15) is 0 Å². The van der Waals surface area contributed by atoms with Gasteiger partial charge in [-0.1, -0.05) is 41.1 Å². The molecule has 0 radical (unpaired) electrons. The summed E-state index contributed by atoms with van der Waals surface area (Å²) in [5, 5.41) is 0.986. The van der Waals surface area contributed by atoms with E-state index in [1.807, 2.05) is 12.1 Å². The van der Waals surface area contributed by atoms with Crippen molar-refractivity contribution < 1.29 is 4.74 Å². The van der Waals surface area contributed by atoms with Crippen LogP contribution >= 0.6 is 15.9 Å². The number of aryl methyl sites for hydroxylation is 1. The zero-order valence-electron chi connectivity index (χ0n) is 7.92.